The number of nitrogens with one attached hydrogen (secondary N) is 1. The van der Waals surface area contributed by atoms with Gasteiger partial charge in [0.1, 0.15) is 45.4 Å². The molecule has 0 radical (unpaired) electrons. The largest absolute Gasteiger partial charge is 0.450 e. The van der Waals surface area contributed by atoms with Crippen LogP contribution in [0.15, 0.2) is 147 Å². The molecule has 4 fully saturated rings. The minimum absolute atomic E-state index is 0.0365. The summed E-state index contributed by atoms with van der Waals surface area (Å²) >= 11 is 50.0. The number of piperidine rings is 2. The van der Waals surface area contributed by atoms with Gasteiger partial charge in [-0.15, -0.1) is 0 Å². The molecule has 2 unspecified atom stereocenters. The van der Waals surface area contributed by atoms with Crippen LogP contribution in [0.3, 0.4) is 0 Å². The Balaban J connectivity index is 0.000000144. The van der Waals surface area contributed by atoms with Crippen LogP contribution in [0.2, 0.25) is 40.2 Å². The van der Waals surface area contributed by atoms with Gasteiger partial charge in [-0.1, -0.05) is 117 Å². The van der Waals surface area contributed by atoms with Crippen LogP contribution in [0.4, 0.5) is 9.59 Å². The lowest BCUT2D eigenvalue weighted by Gasteiger charge is -2.36. The summed E-state index contributed by atoms with van der Waals surface area (Å²) in [7, 11) is 3.59. The van der Waals surface area contributed by atoms with E-state index in [1.807, 2.05) is 96.6 Å². The predicted octanol–water partition coefficient (Wildman–Crippen LogP) is 17.0. The first-order valence-corrected chi connectivity index (χ1v) is 44.6. The van der Waals surface area contributed by atoms with E-state index in [9.17, 15) is 28.8 Å². The summed E-state index contributed by atoms with van der Waals surface area (Å²) < 4.78 is 28.2. The minimum atomic E-state index is -0.356. The number of amides is 6. The molecule has 0 aliphatic carbocycles. The van der Waals surface area contributed by atoms with Crippen molar-refractivity contribution in [2.24, 2.45) is 22.9 Å². The quantitative estimate of drug-likeness (QED) is 0.0502. The summed E-state index contributed by atoms with van der Waals surface area (Å²) in [6, 6.07) is 28.8. The minimum Gasteiger partial charge on any atom is -0.450 e. The van der Waals surface area contributed by atoms with Gasteiger partial charge in [0.2, 0.25) is 0 Å². The number of nitrogens with zero attached hydrogens (tertiary/aromatic N) is 13. The van der Waals surface area contributed by atoms with Crippen molar-refractivity contribution in [1.29, 1.82) is 0 Å². The van der Waals surface area contributed by atoms with Crippen molar-refractivity contribution in [3.05, 3.63) is 232 Å². The van der Waals surface area contributed by atoms with Crippen LogP contribution >= 0.6 is 92.8 Å². The highest BCUT2D eigenvalue weighted by molar-refractivity contribution is 6.38. The van der Waals surface area contributed by atoms with Gasteiger partial charge in [0, 0.05) is 233 Å². The molecule has 9 N–H and O–H groups in total. The van der Waals surface area contributed by atoms with Crippen LogP contribution in [0, 0.1) is 0 Å². The van der Waals surface area contributed by atoms with Gasteiger partial charge in [0.05, 0.1) is 38.0 Å². The zero-order valence-corrected chi connectivity index (χ0v) is 76.2. The molecule has 12 heterocycles. The number of benzene rings is 4. The van der Waals surface area contributed by atoms with E-state index in [2.05, 4.69) is 25.3 Å². The molecular weight excluding hydrogens is 1780 g/mol. The van der Waals surface area contributed by atoms with Gasteiger partial charge < -0.3 is 71.7 Å². The summed E-state index contributed by atoms with van der Waals surface area (Å²) in [5, 5.41) is 7.26. The molecule has 36 heteroatoms. The fourth-order valence-electron chi connectivity index (χ4n) is 16.2. The lowest BCUT2D eigenvalue weighted by molar-refractivity contribution is 0.0300. The van der Waals surface area contributed by atoms with Crippen molar-refractivity contribution >= 4 is 151 Å². The molecule has 12 aromatic rings. The number of hydrogen-bond acceptors (Lipinski definition) is 18. The number of nitrogens with two attached hydrogens (primary N) is 4. The number of likely N-dealkylation sites (N-methyl/N-ethyl adjacent to an activating group) is 1. The third kappa shape index (κ3) is 21.3. The Hall–Kier alpha value is -9.86. The van der Waals surface area contributed by atoms with Crippen LogP contribution in [0.25, 0.3) is 67.1 Å². The zero-order chi connectivity index (χ0) is 89.7. The number of halogens is 8. The summed E-state index contributed by atoms with van der Waals surface area (Å²) in [6.45, 7) is 12.8. The standard InChI is InChI=1S/C24H27Cl2N5O3.C23H25Cl2N5O3.C22H24Cl2N4O2.C21H22Cl2N4O2/c1-3-34-24(33)30-8-4-5-17(13-30)29(2)23(32)21-12-28-22-9-15(11-27)19(14-31(21)22)18-7-6-16(25)10-20(18)26;1-2-33-23(32)29-7-3-4-16(12-29)28-22(31)20-11-27-21-8-14(10-26)18(13-30(20)21)17-6-5-15(24)9-19(17)25;1-2-27(16-5-7-30-8-6-16)22(29)20-12-26-21-9-14(11-25)18(13-28(20)21)17-4-3-15(23)10-19(17)24;1-26(15-4-6-29-7-5-15)21(28)19-11-25-20-8-13(10-24)17(12-27(19)20)16-3-2-14(22)9-18(16)23/h6-7,9-10,12,14,17H,3-5,8,11,13,27H2,1-2H3;5-6,8-9,11,13,16H,2-4,7,10,12,26H2,1H3,(H,28,31);3-4,9-10,12-13,16H,2,5-8,11,25H2,1H3;2-3,8-9,11-12,15H,4-7,10,24H2,1H3. The smallest absolute Gasteiger partial charge is 0.409 e. The third-order valence-corrected chi connectivity index (χ3v) is 25.1. The van der Waals surface area contributed by atoms with Gasteiger partial charge in [-0.25, -0.2) is 29.5 Å². The highest BCUT2D eigenvalue weighted by atomic mass is 35.5. The van der Waals surface area contributed by atoms with E-state index in [0.717, 1.165) is 118 Å². The number of carbonyl (C=O) groups is 6. The van der Waals surface area contributed by atoms with Crippen molar-refractivity contribution in [3.8, 4) is 44.5 Å². The lowest BCUT2D eigenvalue weighted by Crippen LogP contribution is -2.50. The van der Waals surface area contributed by atoms with Gasteiger partial charge in [-0.05, 0) is 167 Å². The van der Waals surface area contributed by atoms with E-state index >= 15 is 0 Å². The van der Waals surface area contributed by atoms with Crippen LogP contribution in [0.1, 0.15) is 136 Å². The number of rotatable bonds is 19. The molecule has 28 nitrogen and oxygen atoms in total. The SMILES string of the molecule is CCN(C(=O)c1cnc2cc(CN)c(-c3ccc(Cl)cc3Cl)cn12)C1CCOCC1.CCOC(=O)N1CCCC(N(C)C(=O)c2cnc3cc(CN)c(-c4ccc(Cl)cc4Cl)cn23)C1.CCOC(=O)N1CCCC(NC(=O)c2cnc3cc(CN)c(-c4ccc(Cl)cc4Cl)cn23)C1.CN(C(=O)c1cnc2cc(CN)c(-c3ccc(Cl)cc3Cl)cn12)C1CCOCC1. The highest BCUT2D eigenvalue weighted by Crippen LogP contribution is 2.39. The first-order chi connectivity index (χ1) is 60.8. The molecule has 6 amide bonds. The van der Waals surface area contributed by atoms with Crippen LogP contribution in [0.5, 0.6) is 0 Å². The number of fused-ring (bicyclic) bond motifs is 4. The fraction of sp³-hybridized carbons (Fsp3) is 0.356. The number of hydrogen-bond donors (Lipinski definition) is 5. The number of carbonyl (C=O) groups excluding carboxylic acids is 6. The molecule has 2 atom stereocenters. The first kappa shape index (κ1) is 93.8. The first-order valence-electron chi connectivity index (χ1n) is 41.5. The zero-order valence-electron chi connectivity index (χ0n) is 70.2. The summed E-state index contributed by atoms with van der Waals surface area (Å²) in [6.07, 6.45) is 19.6. The van der Waals surface area contributed by atoms with Crippen LogP contribution in [-0.2, 0) is 45.1 Å². The van der Waals surface area contributed by atoms with Gasteiger partial charge >= 0.3 is 12.2 Å². The average Bonchev–Trinajstić information content (AvgIpc) is 1.62. The Morgan fingerprint density at radius 3 is 1.09 bits per heavy atom. The normalized spacial score (nSPS) is 15.6. The van der Waals surface area contributed by atoms with E-state index < -0.39 is 0 Å². The number of ether oxygens (including phenoxy) is 4. The second-order valence-electron chi connectivity index (χ2n) is 30.7. The second-order valence-corrected chi connectivity index (χ2v) is 34.0. The number of aromatic nitrogens is 8. The van der Waals surface area contributed by atoms with E-state index in [1.165, 1.54) is 6.20 Å². The summed E-state index contributed by atoms with van der Waals surface area (Å²) in [5.41, 5.74) is 38.3. The van der Waals surface area contributed by atoms with Crippen molar-refractivity contribution in [1.82, 2.24) is 67.4 Å². The maximum Gasteiger partial charge on any atom is 0.409 e. The van der Waals surface area contributed by atoms with Crippen LogP contribution in [-0.4, -0.2) is 208 Å². The molecule has 0 spiro atoms. The van der Waals surface area contributed by atoms with Crippen molar-refractivity contribution < 1.29 is 47.7 Å². The van der Waals surface area contributed by atoms with E-state index in [1.54, 1.807) is 121 Å². The van der Waals surface area contributed by atoms with Gasteiger partial charge in [-0.2, -0.15) is 0 Å². The number of pyridine rings is 4. The van der Waals surface area contributed by atoms with E-state index in [-0.39, 0.29) is 73.1 Å². The Labute approximate surface area is 769 Å². The molecule has 4 aliphatic rings. The summed E-state index contributed by atoms with van der Waals surface area (Å²) in [5.74, 6) is -0.563. The van der Waals surface area contributed by atoms with Crippen LogP contribution < -0.4 is 28.3 Å². The molecule has 0 saturated carbocycles. The molecule has 16 rings (SSSR count). The molecule has 4 aliphatic heterocycles. The second kappa shape index (κ2) is 42.8. The van der Waals surface area contributed by atoms with Crippen molar-refractivity contribution in [2.45, 2.75) is 122 Å². The Bertz CT molecular complexity index is 5990. The van der Waals surface area contributed by atoms with Gasteiger partial charge in [0.25, 0.3) is 23.6 Å². The Morgan fingerprint density at radius 1 is 0.413 bits per heavy atom. The van der Waals surface area contributed by atoms with Crippen molar-refractivity contribution in [2.75, 3.05) is 86.5 Å². The number of imidazole rings is 4. The maximum atomic E-state index is 13.5. The highest BCUT2D eigenvalue weighted by Gasteiger charge is 2.34. The third-order valence-electron chi connectivity index (χ3n) is 23.0. The lowest BCUT2D eigenvalue weighted by atomic mass is 10.0. The topological polar surface area (TPSA) is 341 Å². The molecular formula is C90H98Cl8N18O10. The van der Waals surface area contributed by atoms with E-state index in [0.29, 0.717) is 171 Å². The molecule has 4 saturated heterocycles. The number of likely N-dealkylation sites (tertiary alicyclic amines) is 2. The molecule has 8 aromatic heterocycles. The van der Waals surface area contributed by atoms with E-state index in [4.69, 9.17) is 135 Å². The monoisotopic (exact) mass is 1870 g/mol. The maximum absolute atomic E-state index is 13.5. The Kier molecular flexibility index (Phi) is 31.9. The Morgan fingerprint density at radius 2 is 0.738 bits per heavy atom. The molecule has 126 heavy (non-hydrogen) atoms. The van der Waals surface area contributed by atoms with Crippen molar-refractivity contribution in [3.63, 3.8) is 0 Å². The molecule has 4 aromatic carbocycles. The average molecular weight is 1880 g/mol. The fourth-order valence-corrected chi connectivity index (χ4v) is 18.3. The molecule has 664 valence electrons. The summed E-state index contributed by atoms with van der Waals surface area (Å²) in [4.78, 5) is 104. The molecule has 0 bridgehead atoms. The van der Waals surface area contributed by atoms with Gasteiger partial charge in [0.15, 0.2) is 0 Å². The predicted molar refractivity (Wildman–Crippen MR) is 493 cm³/mol. The van der Waals surface area contributed by atoms with Gasteiger partial charge in [-0.3, -0.25) is 36.8 Å².